The molecule has 2 amide bonds. The van der Waals surface area contributed by atoms with Gasteiger partial charge in [-0.2, -0.15) is 0 Å². The van der Waals surface area contributed by atoms with E-state index in [0.29, 0.717) is 43.3 Å². The van der Waals surface area contributed by atoms with Crippen LogP contribution in [0.25, 0.3) is 11.0 Å². The number of methoxy groups -OCH3 is 1. The lowest BCUT2D eigenvalue weighted by atomic mass is 10.0. The molecule has 0 N–H and O–H groups in total. The largest absolute Gasteiger partial charge is 0.497 e. The molecule has 0 bridgehead atoms. The zero-order valence-electron chi connectivity index (χ0n) is 15.0. The number of aryl methyl sites for hydroxylation is 1. The third-order valence-electron chi connectivity index (χ3n) is 5.32. The molecule has 2 aliphatic heterocycles. The minimum Gasteiger partial charge on any atom is -0.497 e. The van der Waals surface area contributed by atoms with Gasteiger partial charge < -0.3 is 23.7 Å². The zero-order valence-corrected chi connectivity index (χ0v) is 15.0. The molecule has 7 heteroatoms. The SMILES string of the molecule is COc1ccc2c(C)c(C(=O)N3CCC(N4CCOC4=O)CC3)oc2c1. The molecule has 1 aromatic heterocycles. The Bertz CT molecular complexity index is 851. The topological polar surface area (TPSA) is 72.2 Å². The summed E-state index contributed by atoms with van der Waals surface area (Å²) in [7, 11) is 1.60. The van der Waals surface area contributed by atoms with E-state index in [1.807, 2.05) is 19.1 Å². The summed E-state index contributed by atoms with van der Waals surface area (Å²) in [5, 5.41) is 0.920. The Labute approximate surface area is 151 Å². The van der Waals surface area contributed by atoms with Crippen LogP contribution in [-0.4, -0.2) is 61.2 Å². The molecule has 2 aliphatic rings. The number of furan rings is 1. The fourth-order valence-corrected chi connectivity index (χ4v) is 3.80. The maximum absolute atomic E-state index is 12.9. The van der Waals surface area contributed by atoms with Crippen LogP contribution in [0.4, 0.5) is 4.79 Å². The molecule has 26 heavy (non-hydrogen) atoms. The Morgan fingerprint density at radius 3 is 2.65 bits per heavy atom. The molecule has 0 spiro atoms. The van der Waals surface area contributed by atoms with Crippen molar-refractivity contribution in [3.8, 4) is 5.75 Å². The van der Waals surface area contributed by atoms with Crippen LogP contribution in [-0.2, 0) is 4.74 Å². The van der Waals surface area contributed by atoms with Gasteiger partial charge in [-0.05, 0) is 31.9 Å². The standard InChI is InChI=1S/C19H22N2O5/c1-12-15-4-3-14(24-2)11-16(15)26-17(12)18(22)20-7-5-13(6-8-20)21-9-10-25-19(21)23/h3-4,11,13H,5-10H2,1-2H3. The van der Waals surface area contributed by atoms with Gasteiger partial charge in [0.15, 0.2) is 5.76 Å². The average Bonchev–Trinajstić information content (AvgIpc) is 3.24. The molecule has 4 rings (SSSR count). The van der Waals surface area contributed by atoms with Gasteiger partial charge in [-0.25, -0.2) is 4.79 Å². The van der Waals surface area contributed by atoms with E-state index in [1.54, 1.807) is 23.0 Å². The highest BCUT2D eigenvalue weighted by Gasteiger charge is 2.34. The summed E-state index contributed by atoms with van der Waals surface area (Å²) < 4.78 is 16.1. The number of cyclic esters (lactones) is 1. The third-order valence-corrected chi connectivity index (χ3v) is 5.32. The molecule has 2 saturated heterocycles. The summed E-state index contributed by atoms with van der Waals surface area (Å²) in [4.78, 5) is 28.2. The van der Waals surface area contributed by atoms with Crippen LogP contribution in [0.1, 0.15) is 29.0 Å². The molecule has 0 aliphatic carbocycles. The van der Waals surface area contributed by atoms with E-state index in [-0.39, 0.29) is 18.0 Å². The molecular formula is C19H22N2O5. The number of fused-ring (bicyclic) bond motifs is 1. The highest BCUT2D eigenvalue weighted by molar-refractivity contribution is 5.99. The number of piperidine rings is 1. The lowest BCUT2D eigenvalue weighted by Crippen LogP contribution is -2.47. The van der Waals surface area contributed by atoms with Gasteiger partial charge in [0.1, 0.15) is 17.9 Å². The van der Waals surface area contributed by atoms with Gasteiger partial charge in [0.2, 0.25) is 0 Å². The van der Waals surface area contributed by atoms with Crippen LogP contribution >= 0.6 is 0 Å². The van der Waals surface area contributed by atoms with Gasteiger partial charge in [-0.15, -0.1) is 0 Å². The van der Waals surface area contributed by atoms with Crippen LogP contribution in [0.3, 0.4) is 0 Å². The van der Waals surface area contributed by atoms with E-state index >= 15 is 0 Å². The maximum Gasteiger partial charge on any atom is 0.410 e. The molecule has 2 fully saturated rings. The van der Waals surface area contributed by atoms with Crippen LogP contribution in [0.15, 0.2) is 22.6 Å². The second-order valence-corrected chi connectivity index (χ2v) is 6.75. The van der Waals surface area contributed by atoms with E-state index in [2.05, 4.69) is 0 Å². The molecule has 2 aromatic rings. The van der Waals surface area contributed by atoms with Gasteiger partial charge >= 0.3 is 6.09 Å². The van der Waals surface area contributed by atoms with Gasteiger partial charge in [-0.3, -0.25) is 4.79 Å². The first-order valence-corrected chi connectivity index (χ1v) is 8.88. The van der Waals surface area contributed by atoms with Crippen molar-refractivity contribution in [2.75, 3.05) is 33.4 Å². The monoisotopic (exact) mass is 358 g/mol. The number of amides is 2. The average molecular weight is 358 g/mol. The Morgan fingerprint density at radius 2 is 2.00 bits per heavy atom. The van der Waals surface area contributed by atoms with Crippen LogP contribution in [0.2, 0.25) is 0 Å². The Hall–Kier alpha value is -2.70. The first-order valence-electron chi connectivity index (χ1n) is 8.88. The Morgan fingerprint density at radius 1 is 1.23 bits per heavy atom. The number of hydrogen-bond acceptors (Lipinski definition) is 5. The number of carbonyl (C=O) groups excluding carboxylic acids is 2. The number of nitrogens with zero attached hydrogens (tertiary/aromatic N) is 2. The molecule has 0 atom stereocenters. The quantitative estimate of drug-likeness (QED) is 0.844. The van der Waals surface area contributed by atoms with E-state index in [4.69, 9.17) is 13.9 Å². The Balaban J connectivity index is 1.49. The minimum absolute atomic E-state index is 0.0971. The second kappa shape index (κ2) is 6.55. The third kappa shape index (κ3) is 2.77. The molecule has 138 valence electrons. The van der Waals surface area contributed by atoms with Crippen molar-refractivity contribution >= 4 is 23.0 Å². The van der Waals surface area contributed by atoms with Gasteiger partial charge in [-0.1, -0.05) is 0 Å². The zero-order chi connectivity index (χ0) is 18.3. The minimum atomic E-state index is -0.239. The molecule has 3 heterocycles. The van der Waals surface area contributed by atoms with Crippen LogP contribution < -0.4 is 4.74 Å². The van der Waals surface area contributed by atoms with E-state index in [9.17, 15) is 9.59 Å². The summed E-state index contributed by atoms with van der Waals surface area (Å²) >= 11 is 0. The molecule has 7 nitrogen and oxygen atoms in total. The first kappa shape index (κ1) is 16.8. The highest BCUT2D eigenvalue weighted by atomic mass is 16.6. The summed E-state index contributed by atoms with van der Waals surface area (Å²) in [5.74, 6) is 0.982. The van der Waals surface area contributed by atoms with Gasteiger partial charge in [0.05, 0.1) is 13.7 Å². The molecule has 0 saturated carbocycles. The second-order valence-electron chi connectivity index (χ2n) is 6.75. The van der Waals surface area contributed by atoms with E-state index < -0.39 is 0 Å². The molecule has 0 unspecified atom stereocenters. The number of benzene rings is 1. The fraction of sp³-hybridized carbons (Fsp3) is 0.474. The number of carbonyl (C=O) groups is 2. The predicted molar refractivity (Wildman–Crippen MR) is 94.5 cm³/mol. The fourth-order valence-electron chi connectivity index (χ4n) is 3.80. The van der Waals surface area contributed by atoms with Crippen molar-refractivity contribution < 1.29 is 23.5 Å². The summed E-state index contributed by atoms with van der Waals surface area (Å²) in [6.45, 7) is 4.21. The van der Waals surface area contributed by atoms with Crippen molar-refractivity contribution in [2.24, 2.45) is 0 Å². The lowest BCUT2D eigenvalue weighted by Gasteiger charge is -2.35. The van der Waals surface area contributed by atoms with Gasteiger partial charge in [0, 0.05) is 36.1 Å². The molecule has 0 radical (unpaired) electrons. The van der Waals surface area contributed by atoms with E-state index in [1.165, 1.54) is 0 Å². The van der Waals surface area contributed by atoms with Crippen molar-refractivity contribution in [2.45, 2.75) is 25.8 Å². The maximum atomic E-state index is 12.9. The molecule has 1 aromatic carbocycles. The van der Waals surface area contributed by atoms with Crippen molar-refractivity contribution in [3.05, 3.63) is 29.5 Å². The summed E-state index contributed by atoms with van der Waals surface area (Å²) in [6, 6.07) is 5.72. The predicted octanol–water partition coefficient (Wildman–Crippen LogP) is 2.81. The number of hydrogen-bond donors (Lipinski definition) is 0. The van der Waals surface area contributed by atoms with Crippen LogP contribution in [0, 0.1) is 6.92 Å². The number of rotatable bonds is 3. The van der Waals surface area contributed by atoms with Gasteiger partial charge in [0.25, 0.3) is 5.91 Å². The van der Waals surface area contributed by atoms with Crippen LogP contribution in [0.5, 0.6) is 5.75 Å². The van der Waals surface area contributed by atoms with Crippen molar-refractivity contribution in [3.63, 3.8) is 0 Å². The molecular weight excluding hydrogens is 336 g/mol. The highest BCUT2D eigenvalue weighted by Crippen LogP contribution is 2.30. The van der Waals surface area contributed by atoms with Crippen molar-refractivity contribution in [1.82, 2.24) is 9.80 Å². The van der Waals surface area contributed by atoms with E-state index in [0.717, 1.165) is 23.8 Å². The first-order chi connectivity index (χ1) is 12.6. The Kier molecular flexibility index (Phi) is 4.22. The number of ether oxygens (including phenoxy) is 2. The smallest absolute Gasteiger partial charge is 0.410 e. The number of likely N-dealkylation sites (tertiary alicyclic amines) is 1. The summed E-state index contributed by atoms with van der Waals surface area (Å²) in [5.41, 5.74) is 1.50. The van der Waals surface area contributed by atoms with Crippen molar-refractivity contribution in [1.29, 1.82) is 0 Å². The lowest BCUT2D eigenvalue weighted by molar-refractivity contribution is 0.0629. The summed E-state index contributed by atoms with van der Waals surface area (Å²) in [6.07, 6.45) is 1.28. The normalized spacial score (nSPS) is 18.5.